The van der Waals surface area contributed by atoms with Gasteiger partial charge in [0.05, 0.1) is 10.7 Å². The molecule has 20 heavy (non-hydrogen) atoms. The van der Waals surface area contributed by atoms with Crippen LogP contribution in [-0.2, 0) is 12.8 Å². The van der Waals surface area contributed by atoms with E-state index >= 15 is 0 Å². The van der Waals surface area contributed by atoms with Gasteiger partial charge in [0, 0.05) is 11.3 Å². The second-order valence-electron chi connectivity index (χ2n) is 5.51. The number of aryl methyl sites for hydroxylation is 3. The normalized spacial score (nSPS) is 12.6. The highest BCUT2D eigenvalue weighted by Gasteiger charge is 2.14. The SMILES string of the molecule is CNCC(Cc1nc(C)c(C)s1)Cc1ccccc1C. The van der Waals surface area contributed by atoms with Crippen molar-refractivity contribution in [3.05, 3.63) is 51.0 Å². The molecule has 0 aliphatic carbocycles. The molecule has 0 spiro atoms. The predicted octanol–water partition coefficient (Wildman–Crippen LogP) is 3.69. The number of thiazole rings is 1. The van der Waals surface area contributed by atoms with Crippen LogP contribution in [0.15, 0.2) is 24.3 Å². The van der Waals surface area contributed by atoms with Gasteiger partial charge < -0.3 is 5.32 Å². The highest BCUT2D eigenvalue weighted by molar-refractivity contribution is 7.11. The monoisotopic (exact) mass is 288 g/mol. The van der Waals surface area contributed by atoms with Crippen molar-refractivity contribution in [2.24, 2.45) is 5.92 Å². The minimum Gasteiger partial charge on any atom is -0.319 e. The van der Waals surface area contributed by atoms with Gasteiger partial charge in [0.25, 0.3) is 0 Å². The number of rotatable bonds is 6. The predicted molar refractivity (Wildman–Crippen MR) is 87.6 cm³/mol. The molecular weight excluding hydrogens is 264 g/mol. The highest BCUT2D eigenvalue weighted by atomic mass is 32.1. The van der Waals surface area contributed by atoms with E-state index in [1.54, 1.807) is 0 Å². The number of benzene rings is 1. The lowest BCUT2D eigenvalue weighted by Gasteiger charge is -2.16. The molecule has 0 saturated heterocycles. The minimum atomic E-state index is 0.603. The maximum absolute atomic E-state index is 4.69. The van der Waals surface area contributed by atoms with Crippen LogP contribution in [0.4, 0.5) is 0 Å². The van der Waals surface area contributed by atoms with Crippen LogP contribution >= 0.6 is 11.3 Å². The first-order valence-electron chi connectivity index (χ1n) is 7.22. The standard InChI is InChI=1S/C17H24N2S/c1-12-7-5-6-8-16(12)9-15(11-18-4)10-17-19-13(2)14(3)20-17/h5-8,15,18H,9-11H2,1-4H3. The van der Waals surface area contributed by atoms with Gasteiger partial charge in [-0.15, -0.1) is 11.3 Å². The van der Waals surface area contributed by atoms with E-state index in [1.165, 1.54) is 26.7 Å². The Hall–Kier alpha value is -1.19. The molecule has 1 heterocycles. The van der Waals surface area contributed by atoms with Gasteiger partial charge in [-0.3, -0.25) is 0 Å². The molecule has 1 atom stereocenters. The smallest absolute Gasteiger partial charge is 0.0934 e. The van der Waals surface area contributed by atoms with Crippen molar-refractivity contribution in [2.75, 3.05) is 13.6 Å². The Morgan fingerprint density at radius 2 is 1.90 bits per heavy atom. The van der Waals surface area contributed by atoms with Gasteiger partial charge in [-0.25, -0.2) is 4.98 Å². The summed E-state index contributed by atoms with van der Waals surface area (Å²) < 4.78 is 0. The van der Waals surface area contributed by atoms with Crippen LogP contribution in [0.1, 0.15) is 26.7 Å². The van der Waals surface area contributed by atoms with Crippen LogP contribution in [-0.4, -0.2) is 18.6 Å². The average Bonchev–Trinajstić information content (AvgIpc) is 2.71. The molecule has 0 fully saturated rings. The summed E-state index contributed by atoms with van der Waals surface area (Å²) in [6, 6.07) is 8.69. The molecule has 2 nitrogen and oxygen atoms in total. The molecule has 0 aliphatic rings. The Morgan fingerprint density at radius 1 is 1.15 bits per heavy atom. The highest BCUT2D eigenvalue weighted by Crippen LogP contribution is 2.22. The topological polar surface area (TPSA) is 24.9 Å². The first-order valence-corrected chi connectivity index (χ1v) is 8.03. The van der Waals surface area contributed by atoms with Gasteiger partial charge in [-0.05, 0) is 57.8 Å². The molecular formula is C17H24N2S. The van der Waals surface area contributed by atoms with Crippen LogP contribution in [0.25, 0.3) is 0 Å². The molecule has 1 N–H and O–H groups in total. The number of hydrogen-bond acceptors (Lipinski definition) is 3. The third-order valence-corrected chi connectivity index (χ3v) is 4.89. The molecule has 3 heteroatoms. The lowest BCUT2D eigenvalue weighted by molar-refractivity contribution is 0.491. The molecule has 1 aromatic heterocycles. The fourth-order valence-electron chi connectivity index (χ4n) is 2.53. The second-order valence-corrected chi connectivity index (χ2v) is 6.80. The first kappa shape index (κ1) is 15.2. The van der Waals surface area contributed by atoms with Gasteiger partial charge in [-0.2, -0.15) is 0 Å². The summed E-state index contributed by atoms with van der Waals surface area (Å²) >= 11 is 1.84. The molecule has 0 saturated carbocycles. The van der Waals surface area contributed by atoms with E-state index in [9.17, 15) is 0 Å². The van der Waals surface area contributed by atoms with Gasteiger partial charge in [0.1, 0.15) is 0 Å². The van der Waals surface area contributed by atoms with Crippen LogP contribution in [0.2, 0.25) is 0 Å². The third kappa shape index (κ3) is 3.90. The van der Waals surface area contributed by atoms with Crippen molar-refractivity contribution in [3.63, 3.8) is 0 Å². The van der Waals surface area contributed by atoms with E-state index in [4.69, 9.17) is 0 Å². The van der Waals surface area contributed by atoms with E-state index in [-0.39, 0.29) is 0 Å². The summed E-state index contributed by atoms with van der Waals surface area (Å²) in [5, 5.41) is 4.60. The number of aromatic nitrogens is 1. The molecule has 0 bridgehead atoms. The molecule has 0 aliphatic heterocycles. The second kappa shape index (κ2) is 7.00. The zero-order valence-electron chi connectivity index (χ0n) is 12.9. The van der Waals surface area contributed by atoms with E-state index in [0.29, 0.717) is 5.92 Å². The average molecular weight is 288 g/mol. The summed E-state index contributed by atoms with van der Waals surface area (Å²) in [5.74, 6) is 0.603. The Labute approximate surface area is 126 Å². The third-order valence-electron chi connectivity index (χ3n) is 3.80. The maximum atomic E-state index is 4.69. The first-order chi connectivity index (χ1) is 9.60. The summed E-state index contributed by atoms with van der Waals surface area (Å²) in [6.07, 6.45) is 2.18. The Kier molecular flexibility index (Phi) is 5.32. The van der Waals surface area contributed by atoms with E-state index < -0.39 is 0 Å². The molecule has 2 aromatic rings. The largest absolute Gasteiger partial charge is 0.319 e. The van der Waals surface area contributed by atoms with Crippen molar-refractivity contribution in [2.45, 2.75) is 33.6 Å². The summed E-state index contributed by atoms with van der Waals surface area (Å²) in [4.78, 5) is 6.03. The van der Waals surface area contributed by atoms with Crippen molar-refractivity contribution >= 4 is 11.3 Å². The number of nitrogens with zero attached hydrogens (tertiary/aromatic N) is 1. The molecule has 0 radical (unpaired) electrons. The Morgan fingerprint density at radius 3 is 2.50 bits per heavy atom. The minimum absolute atomic E-state index is 0.603. The molecule has 1 aromatic carbocycles. The molecule has 2 rings (SSSR count). The van der Waals surface area contributed by atoms with Crippen molar-refractivity contribution in [3.8, 4) is 0 Å². The van der Waals surface area contributed by atoms with Gasteiger partial charge in [-0.1, -0.05) is 24.3 Å². The lowest BCUT2D eigenvalue weighted by atomic mass is 9.94. The van der Waals surface area contributed by atoms with Crippen molar-refractivity contribution < 1.29 is 0 Å². The van der Waals surface area contributed by atoms with E-state index in [1.807, 2.05) is 18.4 Å². The fourth-order valence-corrected chi connectivity index (χ4v) is 3.58. The van der Waals surface area contributed by atoms with Crippen LogP contribution in [0, 0.1) is 26.7 Å². The quantitative estimate of drug-likeness (QED) is 0.877. The number of nitrogens with one attached hydrogen (secondary N) is 1. The summed E-state index contributed by atoms with van der Waals surface area (Å²) in [7, 11) is 2.03. The fraction of sp³-hybridized carbons (Fsp3) is 0.471. The van der Waals surface area contributed by atoms with Crippen LogP contribution < -0.4 is 5.32 Å². The van der Waals surface area contributed by atoms with Crippen LogP contribution in [0.3, 0.4) is 0 Å². The number of hydrogen-bond donors (Lipinski definition) is 1. The zero-order valence-corrected chi connectivity index (χ0v) is 13.7. The van der Waals surface area contributed by atoms with Crippen LogP contribution in [0.5, 0.6) is 0 Å². The zero-order chi connectivity index (χ0) is 14.5. The summed E-state index contributed by atoms with van der Waals surface area (Å²) in [6.45, 7) is 7.49. The Balaban J connectivity index is 2.09. The van der Waals surface area contributed by atoms with Gasteiger partial charge in [0.15, 0.2) is 0 Å². The van der Waals surface area contributed by atoms with Gasteiger partial charge >= 0.3 is 0 Å². The van der Waals surface area contributed by atoms with Crippen molar-refractivity contribution in [1.82, 2.24) is 10.3 Å². The molecule has 1 unspecified atom stereocenters. The van der Waals surface area contributed by atoms with E-state index in [0.717, 1.165) is 19.4 Å². The summed E-state index contributed by atoms with van der Waals surface area (Å²) in [5.41, 5.74) is 4.03. The lowest BCUT2D eigenvalue weighted by Crippen LogP contribution is -2.23. The molecule has 108 valence electrons. The van der Waals surface area contributed by atoms with Gasteiger partial charge in [0.2, 0.25) is 0 Å². The Bertz CT molecular complexity index is 540. The van der Waals surface area contributed by atoms with E-state index in [2.05, 4.69) is 55.3 Å². The van der Waals surface area contributed by atoms with Crippen molar-refractivity contribution in [1.29, 1.82) is 0 Å². The molecule has 0 amide bonds. The maximum Gasteiger partial charge on any atom is 0.0934 e.